The summed E-state index contributed by atoms with van der Waals surface area (Å²) >= 11 is 6.30. The summed E-state index contributed by atoms with van der Waals surface area (Å²) in [7, 11) is 1.44. The first-order valence-electron chi connectivity index (χ1n) is 8.02. The summed E-state index contributed by atoms with van der Waals surface area (Å²) in [5, 5.41) is 14.9. The van der Waals surface area contributed by atoms with Gasteiger partial charge in [0.25, 0.3) is 0 Å². The van der Waals surface area contributed by atoms with Crippen molar-refractivity contribution in [3.8, 4) is 5.75 Å². The highest BCUT2D eigenvalue weighted by Crippen LogP contribution is 2.43. The van der Waals surface area contributed by atoms with Crippen molar-refractivity contribution in [2.75, 3.05) is 38.2 Å². The van der Waals surface area contributed by atoms with Gasteiger partial charge in [0, 0.05) is 25.2 Å². The number of benzene rings is 1. The minimum atomic E-state index is -0.464. The van der Waals surface area contributed by atoms with Gasteiger partial charge in [-0.3, -0.25) is 10.1 Å². The lowest BCUT2D eigenvalue weighted by Gasteiger charge is -2.45. The van der Waals surface area contributed by atoms with E-state index in [9.17, 15) is 10.1 Å². The zero-order valence-corrected chi connectivity index (χ0v) is 14.1. The maximum absolute atomic E-state index is 11.1. The van der Waals surface area contributed by atoms with E-state index >= 15 is 0 Å². The molecule has 0 unspecified atom stereocenters. The molecule has 2 saturated heterocycles. The number of rotatable bonds is 3. The molecule has 0 radical (unpaired) electrons. The molecule has 0 aromatic heterocycles. The molecule has 0 aliphatic carbocycles. The number of nitrogens with one attached hydrogen (secondary N) is 1. The Morgan fingerprint density at radius 1 is 1.26 bits per heavy atom. The van der Waals surface area contributed by atoms with Crippen LogP contribution in [0.3, 0.4) is 0 Å². The molecule has 2 aliphatic heterocycles. The number of anilines is 1. The van der Waals surface area contributed by atoms with Crippen LogP contribution in [0.2, 0.25) is 5.02 Å². The predicted molar refractivity (Wildman–Crippen MR) is 90.6 cm³/mol. The minimum Gasteiger partial charge on any atom is -0.490 e. The molecule has 2 aliphatic rings. The largest absolute Gasteiger partial charge is 0.490 e. The highest BCUT2D eigenvalue weighted by Gasteiger charge is 2.36. The zero-order valence-electron chi connectivity index (χ0n) is 13.3. The highest BCUT2D eigenvalue weighted by atomic mass is 35.5. The zero-order chi connectivity index (χ0) is 16.4. The van der Waals surface area contributed by atoms with Crippen LogP contribution in [0.1, 0.15) is 25.7 Å². The van der Waals surface area contributed by atoms with Crippen molar-refractivity contribution >= 4 is 23.0 Å². The molecule has 1 spiro atoms. The van der Waals surface area contributed by atoms with Gasteiger partial charge in [0.2, 0.25) is 0 Å². The van der Waals surface area contributed by atoms with E-state index in [1.165, 1.54) is 26.0 Å². The van der Waals surface area contributed by atoms with Crippen LogP contribution in [0.4, 0.5) is 11.4 Å². The molecule has 23 heavy (non-hydrogen) atoms. The standard InChI is InChI=1S/C16H22ClN3O3/c1-23-15-11-13(12(17)10-14(15)20(21)22)19-8-4-16(5-9-19)2-6-18-7-3-16/h10-11,18H,2-9H2,1H3. The van der Waals surface area contributed by atoms with E-state index in [2.05, 4.69) is 10.2 Å². The van der Waals surface area contributed by atoms with Crippen molar-refractivity contribution in [2.24, 2.45) is 5.41 Å². The van der Waals surface area contributed by atoms with E-state index in [1.54, 1.807) is 6.07 Å². The molecule has 1 aromatic rings. The Hall–Kier alpha value is -1.53. The molecule has 2 heterocycles. The molecule has 6 nitrogen and oxygen atoms in total. The molecule has 0 amide bonds. The summed E-state index contributed by atoms with van der Waals surface area (Å²) in [6, 6.07) is 3.09. The molecule has 1 N–H and O–H groups in total. The fourth-order valence-electron chi connectivity index (χ4n) is 3.76. The maximum atomic E-state index is 11.1. The summed E-state index contributed by atoms with van der Waals surface area (Å²) in [5.41, 5.74) is 1.20. The molecule has 0 atom stereocenters. The van der Waals surface area contributed by atoms with E-state index in [0.717, 1.165) is 44.7 Å². The van der Waals surface area contributed by atoms with Crippen LogP contribution in [0.25, 0.3) is 0 Å². The Kier molecular flexibility index (Phi) is 4.64. The quantitative estimate of drug-likeness (QED) is 0.676. The summed E-state index contributed by atoms with van der Waals surface area (Å²) < 4.78 is 5.17. The van der Waals surface area contributed by atoms with Gasteiger partial charge in [-0.05, 0) is 44.2 Å². The van der Waals surface area contributed by atoms with Crippen molar-refractivity contribution < 1.29 is 9.66 Å². The van der Waals surface area contributed by atoms with Gasteiger partial charge >= 0.3 is 5.69 Å². The van der Waals surface area contributed by atoms with Crippen LogP contribution < -0.4 is 15.0 Å². The molecule has 1 aromatic carbocycles. The Morgan fingerprint density at radius 3 is 2.48 bits per heavy atom. The molecule has 0 bridgehead atoms. The van der Waals surface area contributed by atoms with Gasteiger partial charge in [-0.15, -0.1) is 0 Å². The monoisotopic (exact) mass is 339 g/mol. The number of halogens is 1. The molecular formula is C16H22ClN3O3. The number of hydrogen-bond acceptors (Lipinski definition) is 5. The molecule has 7 heteroatoms. The number of methoxy groups -OCH3 is 1. The Labute approximate surface area is 140 Å². The van der Waals surface area contributed by atoms with Gasteiger partial charge in [-0.25, -0.2) is 0 Å². The highest BCUT2D eigenvalue weighted by molar-refractivity contribution is 6.33. The smallest absolute Gasteiger partial charge is 0.312 e. The maximum Gasteiger partial charge on any atom is 0.312 e. The third-order valence-electron chi connectivity index (χ3n) is 5.27. The summed E-state index contributed by atoms with van der Waals surface area (Å²) in [4.78, 5) is 12.8. The van der Waals surface area contributed by atoms with Gasteiger partial charge in [0.15, 0.2) is 5.75 Å². The average Bonchev–Trinajstić information content (AvgIpc) is 2.56. The first kappa shape index (κ1) is 16.3. The van der Waals surface area contributed by atoms with E-state index in [4.69, 9.17) is 16.3 Å². The van der Waals surface area contributed by atoms with E-state index in [0.29, 0.717) is 10.4 Å². The number of hydrogen-bond donors (Lipinski definition) is 1. The van der Waals surface area contributed by atoms with Crippen molar-refractivity contribution in [3.63, 3.8) is 0 Å². The molecule has 126 valence electrons. The topological polar surface area (TPSA) is 67.6 Å². The van der Waals surface area contributed by atoms with Crippen LogP contribution in [0.15, 0.2) is 12.1 Å². The van der Waals surface area contributed by atoms with Crippen LogP contribution >= 0.6 is 11.6 Å². The molecule has 3 rings (SSSR count). The predicted octanol–water partition coefficient (Wildman–Crippen LogP) is 3.23. The van der Waals surface area contributed by atoms with Crippen LogP contribution in [0.5, 0.6) is 5.75 Å². The van der Waals surface area contributed by atoms with Crippen LogP contribution in [-0.4, -0.2) is 38.2 Å². The molecule has 0 saturated carbocycles. The van der Waals surface area contributed by atoms with Gasteiger partial charge in [0.1, 0.15) is 0 Å². The van der Waals surface area contributed by atoms with E-state index in [1.807, 2.05) is 0 Å². The second kappa shape index (κ2) is 6.53. The van der Waals surface area contributed by atoms with Crippen molar-refractivity contribution in [1.82, 2.24) is 5.32 Å². The summed E-state index contributed by atoms with van der Waals surface area (Å²) in [6.45, 7) is 4.07. The van der Waals surface area contributed by atoms with Crippen molar-refractivity contribution in [3.05, 3.63) is 27.3 Å². The lowest BCUT2D eigenvalue weighted by atomic mass is 9.71. The van der Waals surface area contributed by atoms with E-state index in [-0.39, 0.29) is 11.4 Å². The van der Waals surface area contributed by atoms with E-state index < -0.39 is 4.92 Å². The number of ether oxygens (including phenoxy) is 1. The second-order valence-electron chi connectivity index (χ2n) is 6.47. The third kappa shape index (κ3) is 3.23. The normalized spacial score (nSPS) is 20.5. The van der Waals surface area contributed by atoms with Gasteiger partial charge in [0.05, 0.1) is 22.7 Å². The number of piperidine rings is 2. The summed E-state index contributed by atoms with van der Waals surface area (Å²) in [5.74, 6) is 0.261. The fourth-order valence-corrected chi connectivity index (χ4v) is 4.04. The Morgan fingerprint density at radius 2 is 1.91 bits per heavy atom. The number of nitro benzene ring substituents is 1. The lowest BCUT2D eigenvalue weighted by Crippen LogP contribution is -2.45. The average molecular weight is 340 g/mol. The van der Waals surface area contributed by atoms with Crippen LogP contribution in [-0.2, 0) is 0 Å². The van der Waals surface area contributed by atoms with Gasteiger partial charge in [-0.2, -0.15) is 0 Å². The van der Waals surface area contributed by atoms with Gasteiger partial charge < -0.3 is 15.0 Å². The summed E-state index contributed by atoms with van der Waals surface area (Å²) in [6.07, 6.45) is 4.75. The van der Waals surface area contributed by atoms with Crippen molar-refractivity contribution in [1.29, 1.82) is 0 Å². The third-order valence-corrected chi connectivity index (χ3v) is 5.58. The van der Waals surface area contributed by atoms with Crippen LogP contribution in [0, 0.1) is 15.5 Å². The first-order valence-corrected chi connectivity index (χ1v) is 8.40. The second-order valence-corrected chi connectivity index (χ2v) is 6.88. The fraction of sp³-hybridized carbons (Fsp3) is 0.625. The Bertz CT molecular complexity index is 592. The Balaban J connectivity index is 1.79. The SMILES string of the molecule is COc1cc(N2CCC3(CCNCC3)CC2)c(Cl)cc1[N+](=O)[O-]. The minimum absolute atomic E-state index is 0.0897. The molecule has 2 fully saturated rings. The number of nitrogens with zero attached hydrogens (tertiary/aromatic N) is 2. The molecular weight excluding hydrogens is 318 g/mol. The van der Waals surface area contributed by atoms with Gasteiger partial charge in [-0.1, -0.05) is 11.6 Å². The number of nitro groups is 1. The first-order chi connectivity index (χ1) is 11.0. The van der Waals surface area contributed by atoms with Crippen molar-refractivity contribution in [2.45, 2.75) is 25.7 Å². The lowest BCUT2D eigenvalue weighted by molar-refractivity contribution is -0.385.